The zero-order valence-electron chi connectivity index (χ0n) is 12.9. The molecular weight excluding hydrogens is 290 g/mol. The van der Waals surface area contributed by atoms with Crippen molar-refractivity contribution in [2.24, 2.45) is 5.73 Å². The number of aromatic nitrogens is 3. The highest BCUT2D eigenvalue weighted by Crippen LogP contribution is 2.30. The highest BCUT2D eigenvalue weighted by molar-refractivity contribution is 6.01. The van der Waals surface area contributed by atoms with Gasteiger partial charge in [-0.25, -0.2) is 9.97 Å². The normalized spacial score (nSPS) is 10.7. The van der Waals surface area contributed by atoms with Crippen molar-refractivity contribution >= 4 is 11.9 Å². The third-order valence-corrected chi connectivity index (χ3v) is 3.70. The number of hydrogen-bond donors (Lipinski definition) is 3. The van der Waals surface area contributed by atoms with Gasteiger partial charge in [0.15, 0.2) is 0 Å². The van der Waals surface area contributed by atoms with Crippen LogP contribution in [0.1, 0.15) is 21.5 Å². The van der Waals surface area contributed by atoms with Crippen LogP contribution in [0.3, 0.4) is 0 Å². The summed E-state index contributed by atoms with van der Waals surface area (Å²) in [4.78, 5) is 23.1. The molecule has 116 valence electrons. The standard InChI is InChI=1S/C17H17N5O/c1-9-3-4-10(2)11(7-9)15-12(16(18)23)8-14(21-15)13-5-6-20-17(19)22-13/h3-8,21H,1-2H3,(H2,18,23)(H2,19,20,22). The maximum atomic E-state index is 11.8. The van der Waals surface area contributed by atoms with E-state index < -0.39 is 5.91 Å². The molecule has 1 aromatic carbocycles. The fraction of sp³-hybridized carbons (Fsp3) is 0.118. The lowest BCUT2D eigenvalue weighted by Crippen LogP contribution is -2.11. The van der Waals surface area contributed by atoms with Gasteiger partial charge in [-0.15, -0.1) is 0 Å². The Hall–Kier alpha value is -3.15. The Kier molecular flexibility index (Phi) is 3.57. The highest BCUT2D eigenvalue weighted by Gasteiger charge is 2.17. The number of nitrogen functional groups attached to an aromatic ring is 1. The molecule has 0 atom stereocenters. The van der Waals surface area contributed by atoms with Gasteiger partial charge in [0.1, 0.15) is 0 Å². The summed E-state index contributed by atoms with van der Waals surface area (Å²) in [6, 6.07) is 9.48. The van der Waals surface area contributed by atoms with Gasteiger partial charge in [-0.3, -0.25) is 4.79 Å². The van der Waals surface area contributed by atoms with Crippen molar-refractivity contribution in [3.8, 4) is 22.6 Å². The van der Waals surface area contributed by atoms with E-state index in [1.165, 1.54) is 0 Å². The molecule has 0 saturated carbocycles. The van der Waals surface area contributed by atoms with Gasteiger partial charge < -0.3 is 16.5 Å². The van der Waals surface area contributed by atoms with Crippen molar-refractivity contribution in [1.82, 2.24) is 15.0 Å². The van der Waals surface area contributed by atoms with E-state index in [0.29, 0.717) is 22.6 Å². The molecule has 6 nitrogen and oxygen atoms in total. The van der Waals surface area contributed by atoms with Crippen LogP contribution in [0.25, 0.3) is 22.6 Å². The van der Waals surface area contributed by atoms with E-state index in [1.54, 1.807) is 18.3 Å². The van der Waals surface area contributed by atoms with Gasteiger partial charge >= 0.3 is 0 Å². The van der Waals surface area contributed by atoms with Gasteiger partial charge in [-0.1, -0.05) is 17.7 Å². The predicted molar refractivity (Wildman–Crippen MR) is 89.7 cm³/mol. The molecule has 3 aromatic rings. The smallest absolute Gasteiger partial charge is 0.250 e. The number of amides is 1. The lowest BCUT2D eigenvalue weighted by molar-refractivity contribution is 0.100. The molecule has 2 heterocycles. The molecule has 0 fully saturated rings. The Morgan fingerprint density at radius 3 is 2.65 bits per heavy atom. The van der Waals surface area contributed by atoms with Crippen LogP contribution >= 0.6 is 0 Å². The second-order valence-corrected chi connectivity index (χ2v) is 5.45. The van der Waals surface area contributed by atoms with Gasteiger partial charge in [0.05, 0.1) is 22.6 Å². The second-order valence-electron chi connectivity index (χ2n) is 5.45. The Labute approximate surface area is 133 Å². The van der Waals surface area contributed by atoms with Crippen molar-refractivity contribution in [3.63, 3.8) is 0 Å². The number of aromatic amines is 1. The van der Waals surface area contributed by atoms with E-state index in [0.717, 1.165) is 16.7 Å². The highest BCUT2D eigenvalue weighted by atomic mass is 16.1. The topological polar surface area (TPSA) is 111 Å². The first-order chi connectivity index (χ1) is 11.0. The number of carbonyl (C=O) groups is 1. The molecule has 0 saturated heterocycles. The molecule has 0 bridgehead atoms. The number of aryl methyl sites for hydroxylation is 2. The Morgan fingerprint density at radius 1 is 1.17 bits per heavy atom. The predicted octanol–water partition coefficient (Wildman–Crippen LogP) is 2.44. The molecule has 0 spiro atoms. The van der Waals surface area contributed by atoms with Crippen LogP contribution < -0.4 is 11.5 Å². The fourth-order valence-electron chi connectivity index (χ4n) is 2.53. The van der Waals surface area contributed by atoms with Crippen LogP contribution in [0.4, 0.5) is 5.95 Å². The average molecular weight is 307 g/mol. The third-order valence-electron chi connectivity index (χ3n) is 3.70. The van der Waals surface area contributed by atoms with Gasteiger partial charge in [0.25, 0.3) is 5.91 Å². The number of nitrogens with one attached hydrogen (secondary N) is 1. The van der Waals surface area contributed by atoms with Crippen LogP contribution in [-0.4, -0.2) is 20.9 Å². The van der Waals surface area contributed by atoms with Gasteiger partial charge in [0, 0.05) is 11.8 Å². The molecule has 3 rings (SSSR count). The Bertz CT molecular complexity index is 898. The lowest BCUT2D eigenvalue weighted by atomic mass is 10.0. The van der Waals surface area contributed by atoms with Crippen LogP contribution in [0, 0.1) is 13.8 Å². The summed E-state index contributed by atoms with van der Waals surface area (Å²) in [5.74, 6) is -0.323. The maximum Gasteiger partial charge on any atom is 0.250 e. The largest absolute Gasteiger partial charge is 0.368 e. The van der Waals surface area contributed by atoms with Crippen LogP contribution in [0.5, 0.6) is 0 Å². The number of H-pyrrole nitrogens is 1. The van der Waals surface area contributed by atoms with E-state index in [1.807, 2.05) is 32.0 Å². The number of hydrogen-bond acceptors (Lipinski definition) is 4. The number of nitrogens with two attached hydrogens (primary N) is 2. The molecule has 23 heavy (non-hydrogen) atoms. The second kappa shape index (κ2) is 5.57. The number of carbonyl (C=O) groups excluding carboxylic acids is 1. The molecule has 1 amide bonds. The van der Waals surface area contributed by atoms with Gasteiger partial charge in [-0.05, 0) is 37.6 Å². The number of anilines is 1. The quantitative estimate of drug-likeness (QED) is 0.690. The third kappa shape index (κ3) is 2.78. The van der Waals surface area contributed by atoms with Crippen LogP contribution in [0.2, 0.25) is 0 Å². The summed E-state index contributed by atoms with van der Waals surface area (Å²) in [5.41, 5.74) is 16.6. The molecule has 0 unspecified atom stereocenters. The summed E-state index contributed by atoms with van der Waals surface area (Å²) in [5, 5.41) is 0. The van der Waals surface area contributed by atoms with Gasteiger partial charge in [0.2, 0.25) is 5.95 Å². The summed E-state index contributed by atoms with van der Waals surface area (Å²) in [7, 11) is 0. The minimum Gasteiger partial charge on any atom is -0.368 e. The molecule has 0 aliphatic carbocycles. The number of nitrogens with zero attached hydrogens (tertiary/aromatic N) is 2. The molecule has 0 aliphatic rings. The average Bonchev–Trinajstić information content (AvgIpc) is 2.95. The summed E-state index contributed by atoms with van der Waals surface area (Å²) in [6.07, 6.45) is 1.57. The summed E-state index contributed by atoms with van der Waals surface area (Å²) < 4.78 is 0. The number of primary amides is 1. The minimum atomic E-state index is -0.495. The first-order valence-electron chi connectivity index (χ1n) is 7.15. The van der Waals surface area contributed by atoms with E-state index in [4.69, 9.17) is 11.5 Å². The summed E-state index contributed by atoms with van der Waals surface area (Å²) in [6.45, 7) is 3.99. The van der Waals surface area contributed by atoms with Crippen molar-refractivity contribution in [2.45, 2.75) is 13.8 Å². The zero-order chi connectivity index (χ0) is 16.6. The molecular formula is C17H17N5O. The zero-order valence-corrected chi connectivity index (χ0v) is 12.9. The van der Waals surface area contributed by atoms with Crippen molar-refractivity contribution in [1.29, 1.82) is 0 Å². The molecule has 0 radical (unpaired) electrons. The number of rotatable bonds is 3. The monoisotopic (exact) mass is 307 g/mol. The SMILES string of the molecule is Cc1ccc(C)c(-c2[nH]c(-c3ccnc(N)n3)cc2C(N)=O)c1. The molecule has 5 N–H and O–H groups in total. The summed E-state index contributed by atoms with van der Waals surface area (Å²) >= 11 is 0. The van der Waals surface area contributed by atoms with Crippen LogP contribution in [-0.2, 0) is 0 Å². The minimum absolute atomic E-state index is 0.172. The van der Waals surface area contributed by atoms with E-state index >= 15 is 0 Å². The van der Waals surface area contributed by atoms with Crippen LogP contribution in [0.15, 0.2) is 36.5 Å². The molecule has 6 heteroatoms. The van der Waals surface area contributed by atoms with E-state index in [2.05, 4.69) is 15.0 Å². The molecule has 2 aromatic heterocycles. The van der Waals surface area contributed by atoms with Crippen molar-refractivity contribution < 1.29 is 4.79 Å². The van der Waals surface area contributed by atoms with Crippen molar-refractivity contribution in [3.05, 3.63) is 53.2 Å². The Balaban J connectivity index is 2.21. The first-order valence-corrected chi connectivity index (χ1v) is 7.15. The Morgan fingerprint density at radius 2 is 1.96 bits per heavy atom. The van der Waals surface area contributed by atoms with Crippen molar-refractivity contribution in [2.75, 3.05) is 5.73 Å². The molecule has 0 aliphatic heterocycles. The number of benzene rings is 1. The van der Waals surface area contributed by atoms with Gasteiger partial charge in [-0.2, -0.15) is 0 Å². The fourth-order valence-corrected chi connectivity index (χ4v) is 2.53. The first kappa shape index (κ1) is 14.8. The van der Waals surface area contributed by atoms with E-state index in [9.17, 15) is 4.79 Å². The lowest BCUT2D eigenvalue weighted by Gasteiger charge is -2.07. The maximum absolute atomic E-state index is 11.8. The van der Waals surface area contributed by atoms with E-state index in [-0.39, 0.29) is 5.95 Å².